The van der Waals surface area contributed by atoms with Gasteiger partial charge in [0.1, 0.15) is 0 Å². The highest BCUT2D eigenvalue weighted by atomic mass is 16.2. The lowest BCUT2D eigenvalue weighted by Gasteiger charge is -2.31. The predicted octanol–water partition coefficient (Wildman–Crippen LogP) is 2.10. The molecule has 1 aromatic carbocycles. The number of para-hydroxylation sites is 1. The molecule has 0 spiro atoms. The van der Waals surface area contributed by atoms with Crippen LogP contribution < -0.4 is 10.7 Å². The summed E-state index contributed by atoms with van der Waals surface area (Å²) in [4.78, 5) is 12.4. The molecule has 3 rings (SSSR count). The molecule has 2 aliphatic rings. The second-order valence-corrected chi connectivity index (χ2v) is 5.38. The molecule has 2 N–H and O–H groups in total. The number of piperidine rings is 1. The molecule has 1 unspecified atom stereocenters. The molecule has 1 atom stereocenters. The third-order valence-corrected chi connectivity index (χ3v) is 4.03. The van der Waals surface area contributed by atoms with Crippen LogP contribution in [-0.4, -0.2) is 30.6 Å². The van der Waals surface area contributed by atoms with Gasteiger partial charge in [-0.2, -0.15) is 0 Å². The molecule has 1 aromatic rings. The first-order valence-electron chi connectivity index (χ1n) is 7.23. The highest BCUT2D eigenvalue weighted by Crippen LogP contribution is 2.31. The van der Waals surface area contributed by atoms with Crippen LogP contribution in [-0.2, 0) is 4.79 Å². The highest BCUT2D eigenvalue weighted by molar-refractivity contribution is 5.85. The zero-order valence-electron chi connectivity index (χ0n) is 11.2. The van der Waals surface area contributed by atoms with E-state index in [2.05, 4.69) is 27.9 Å². The maximum Gasteiger partial charge on any atom is 0.241 e. The van der Waals surface area contributed by atoms with Crippen molar-refractivity contribution in [1.82, 2.24) is 10.4 Å². The summed E-state index contributed by atoms with van der Waals surface area (Å²) >= 11 is 0. The van der Waals surface area contributed by atoms with E-state index in [1.165, 1.54) is 19.3 Å². The Labute approximate surface area is 114 Å². The van der Waals surface area contributed by atoms with Crippen LogP contribution in [0.3, 0.4) is 0 Å². The highest BCUT2D eigenvalue weighted by Gasteiger charge is 2.27. The Morgan fingerprint density at radius 1 is 1.21 bits per heavy atom. The Kier molecular flexibility index (Phi) is 3.69. The van der Waals surface area contributed by atoms with E-state index in [4.69, 9.17) is 0 Å². The Hall–Kier alpha value is -1.55. The van der Waals surface area contributed by atoms with Gasteiger partial charge in [0.15, 0.2) is 0 Å². The Morgan fingerprint density at radius 3 is 2.84 bits per heavy atom. The molecule has 1 fully saturated rings. The number of carbonyl (C=O) groups is 1. The van der Waals surface area contributed by atoms with Crippen molar-refractivity contribution in [1.29, 1.82) is 0 Å². The summed E-state index contributed by atoms with van der Waals surface area (Å²) in [5.41, 5.74) is 5.33. The summed E-state index contributed by atoms with van der Waals surface area (Å²) < 4.78 is 0. The Morgan fingerprint density at radius 2 is 2.00 bits per heavy atom. The third-order valence-electron chi connectivity index (χ3n) is 4.03. The normalized spacial score (nSPS) is 23.3. The second kappa shape index (κ2) is 5.61. The van der Waals surface area contributed by atoms with Gasteiger partial charge in [-0.25, -0.2) is 5.01 Å². The van der Waals surface area contributed by atoms with Gasteiger partial charge in [0.25, 0.3) is 0 Å². The average Bonchev–Trinajstić information content (AvgIpc) is 2.47. The van der Waals surface area contributed by atoms with Crippen molar-refractivity contribution in [3.63, 3.8) is 0 Å². The van der Waals surface area contributed by atoms with Gasteiger partial charge in [-0.05, 0) is 30.9 Å². The fourth-order valence-corrected chi connectivity index (χ4v) is 2.98. The van der Waals surface area contributed by atoms with E-state index in [-0.39, 0.29) is 11.8 Å². The summed E-state index contributed by atoms with van der Waals surface area (Å²) in [7, 11) is 0. The minimum absolute atomic E-state index is 0.0145. The molecule has 0 aliphatic carbocycles. The van der Waals surface area contributed by atoms with Crippen LogP contribution >= 0.6 is 0 Å². The fourth-order valence-electron chi connectivity index (χ4n) is 2.98. The molecular weight excluding hydrogens is 238 g/mol. The topological polar surface area (TPSA) is 44.4 Å². The summed E-state index contributed by atoms with van der Waals surface area (Å²) in [5.74, 6) is 0.134. The molecule has 1 amide bonds. The molecule has 4 heteroatoms. The van der Waals surface area contributed by atoms with Crippen molar-refractivity contribution in [2.45, 2.75) is 31.6 Å². The molecule has 19 heavy (non-hydrogen) atoms. The molecule has 0 aromatic heterocycles. The lowest BCUT2D eigenvalue weighted by atomic mass is 9.90. The quantitative estimate of drug-likeness (QED) is 0.855. The summed E-state index contributed by atoms with van der Waals surface area (Å²) in [6, 6.07) is 8.13. The number of hydrogen-bond donors (Lipinski definition) is 2. The molecule has 1 saturated heterocycles. The van der Waals surface area contributed by atoms with Crippen LogP contribution in [0.4, 0.5) is 5.69 Å². The standard InChI is InChI=1S/C15H21N3O/c19-15(17-18-10-4-1-5-11-18)13-8-9-16-14-7-3-2-6-12(13)14/h2-3,6-7,13,16H,1,4-5,8-11H2,(H,17,19). The Bertz CT molecular complexity index is 454. The van der Waals surface area contributed by atoms with E-state index in [1.807, 2.05) is 12.1 Å². The summed E-state index contributed by atoms with van der Waals surface area (Å²) in [6.45, 7) is 2.84. The smallest absolute Gasteiger partial charge is 0.241 e. The number of benzene rings is 1. The third kappa shape index (κ3) is 2.73. The van der Waals surface area contributed by atoms with Gasteiger partial charge in [-0.3, -0.25) is 10.2 Å². The van der Waals surface area contributed by atoms with E-state index >= 15 is 0 Å². The predicted molar refractivity (Wildman–Crippen MR) is 75.9 cm³/mol. The number of anilines is 1. The zero-order chi connectivity index (χ0) is 13.1. The minimum Gasteiger partial charge on any atom is -0.385 e. The van der Waals surface area contributed by atoms with Gasteiger partial charge in [0.2, 0.25) is 5.91 Å². The number of nitrogens with zero attached hydrogens (tertiary/aromatic N) is 1. The van der Waals surface area contributed by atoms with Crippen molar-refractivity contribution in [3.05, 3.63) is 29.8 Å². The first kappa shape index (κ1) is 12.5. The zero-order valence-corrected chi connectivity index (χ0v) is 11.2. The van der Waals surface area contributed by atoms with E-state index in [0.717, 1.165) is 37.3 Å². The van der Waals surface area contributed by atoms with E-state index in [1.54, 1.807) is 0 Å². The van der Waals surface area contributed by atoms with E-state index in [9.17, 15) is 4.79 Å². The number of carbonyl (C=O) groups excluding carboxylic acids is 1. The van der Waals surface area contributed by atoms with Crippen LogP contribution in [0.15, 0.2) is 24.3 Å². The number of rotatable bonds is 2. The molecule has 0 bridgehead atoms. The van der Waals surface area contributed by atoms with Gasteiger partial charge in [0, 0.05) is 25.3 Å². The summed E-state index contributed by atoms with van der Waals surface area (Å²) in [5, 5.41) is 5.44. The molecule has 0 radical (unpaired) electrons. The molecule has 2 heterocycles. The number of amides is 1. The molecule has 0 saturated carbocycles. The van der Waals surface area contributed by atoms with Crippen molar-refractivity contribution in [2.75, 3.05) is 25.0 Å². The van der Waals surface area contributed by atoms with E-state index < -0.39 is 0 Å². The fraction of sp³-hybridized carbons (Fsp3) is 0.533. The first-order chi connectivity index (χ1) is 9.34. The van der Waals surface area contributed by atoms with Crippen LogP contribution in [0.5, 0.6) is 0 Å². The first-order valence-corrected chi connectivity index (χ1v) is 7.23. The largest absolute Gasteiger partial charge is 0.385 e. The summed E-state index contributed by atoms with van der Waals surface area (Å²) in [6.07, 6.45) is 4.52. The average molecular weight is 259 g/mol. The van der Waals surface area contributed by atoms with Gasteiger partial charge in [-0.15, -0.1) is 0 Å². The number of hydrazine groups is 1. The number of hydrogen-bond acceptors (Lipinski definition) is 3. The molecule has 4 nitrogen and oxygen atoms in total. The molecule has 102 valence electrons. The molecular formula is C15H21N3O. The van der Waals surface area contributed by atoms with Crippen LogP contribution in [0.25, 0.3) is 0 Å². The number of nitrogens with one attached hydrogen (secondary N) is 2. The Balaban J connectivity index is 1.70. The lowest BCUT2D eigenvalue weighted by molar-refractivity contribution is -0.128. The van der Waals surface area contributed by atoms with Crippen LogP contribution in [0.2, 0.25) is 0 Å². The van der Waals surface area contributed by atoms with Gasteiger partial charge < -0.3 is 5.32 Å². The van der Waals surface area contributed by atoms with Crippen molar-refractivity contribution in [3.8, 4) is 0 Å². The van der Waals surface area contributed by atoms with Gasteiger partial charge >= 0.3 is 0 Å². The lowest BCUT2D eigenvalue weighted by Crippen LogP contribution is -2.47. The van der Waals surface area contributed by atoms with Crippen LogP contribution in [0.1, 0.15) is 37.2 Å². The second-order valence-electron chi connectivity index (χ2n) is 5.38. The van der Waals surface area contributed by atoms with Crippen molar-refractivity contribution >= 4 is 11.6 Å². The van der Waals surface area contributed by atoms with Crippen LogP contribution in [0, 0.1) is 0 Å². The van der Waals surface area contributed by atoms with Crippen molar-refractivity contribution in [2.24, 2.45) is 0 Å². The van der Waals surface area contributed by atoms with Crippen molar-refractivity contribution < 1.29 is 4.79 Å². The van der Waals surface area contributed by atoms with Gasteiger partial charge in [-0.1, -0.05) is 24.6 Å². The minimum atomic E-state index is -0.0145. The monoisotopic (exact) mass is 259 g/mol. The van der Waals surface area contributed by atoms with Gasteiger partial charge in [0.05, 0.1) is 5.92 Å². The maximum absolute atomic E-state index is 12.4. The maximum atomic E-state index is 12.4. The number of fused-ring (bicyclic) bond motifs is 1. The van der Waals surface area contributed by atoms with E-state index in [0.29, 0.717) is 0 Å². The molecule has 2 aliphatic heterocycles. The SMILES string of the molecule is O=C(NN1CCCCC1)C1CCNc2ccccc21.